The van der Waals surface area contributed by atoms with E-state index in [-0.39, 0.29) is 0 Å². The maximum Gasteiger partial charge on any atom is 0.0483 e. The summed E-state index contributed by atoms with van der Waals surface area (Å²) in [5.74, 6) is 0. The van der Waals surface area contributed by atoms with Crippen molar-refractivity contribution in [2.24, 2.45) is 0 Å². The molecule has 0 aromatic heterocycles. The molecule has 0 fully saturated rings. The second kappa shape index (κ2) is 7.61. The van der Waals surface area contributed by atoms with E-state index in [0.29, 0.717) is 6.04 Å². The lowest BCUT2D eigenvalue weighted by Gasteiger charge is -2.34. The van der Waals surface area contributed by atoms with Gasteiger partial charge in [0.25, 0.3) is 0 Å². The van der Waals surface area contributed by atoms with E-state index >= 15 is 0 Å². The van der Waals surface area contributed by atoms with Crippen molar-refractivity contribution in [3.8, 4) is 0 Å². The predicted molar refractivity (Wildman–Crippen MR) is 101 cm³/mol. The van der Waals surface area contributed by atoms with Gasteiger partial charge in [-0.2, -0.15) is 0 Å². The minimum atomic E-state index is -0.979. The molecule has 1 atom stereocenters. The highest BCUT2D eigenvalue weighted by Gasteiger charge is 2.23. The molecule has 22 heavy (non-hydrogen) atoms. The summed E-state index contributed by atoms with van der Waals surface area (Å²) < 4.78 is 0. The van der Waals surface area contributed by atoms with Crippen molar-refractivity contribution >= 4 is 8.07 Å². The Bertz CT molecular complexity index is 501. The molecular weight excluding hydrogens is 282 g/mol. The fraction of sp³-hybridized carbons (Fsp3) is 0.600. The third-order valence-corrected chi connectivity index (χ3v) is 6.28. The summed E-state index contributed by atoms with van der Waals surface area (Å²) in [4.78, 5) is 2.54. The molecule has 0 N–H and O–H groups in total. The van der Waals surface area contributed by atoms with Crippen LogP contribution in [-0.4, -0.2) is 26.6 Å². The van der Waals surface area contributed by atoms with Gasteiger partial charge in [-0.25, -0.2) is 0 Å². The number of allylic oxidation sites excluding steroid dienone is 1. The Morgan fingerprint density at radius 2 is 1.95 bits per heavy atom. The number of likely N-dealkylation sites (N-methyl/N-ethyl adjacent to an activating group) is 1. The van der Waals surface area contributed by atoms with E-state index in [4.69, 9.17) is 0 Å². The number of benzene rings is 1. The lowest BCUT2D eigenvalue weighted by Crippen LogP contribution is -2.32. The summed E-state index contributed by atoms with van der Waals surface area (Å²) >= 11 is 0. The van der Waals surface area contributed by atoms with Crippen LogP contribution in [0.2, 0.25) is 25.7 Å². The molecule has 2 rings (SSSR count). The van der Waals surface area contributed by atoms with E-state index in [0.717, 1.165) is 0 Å². The molecular formula is C20H33NSi. The van der Waals surface area contributed by atoms with Crippen LogP contribution in [-0.2, 0) is 6.42 Å². The van der Waals surface area contributed by atoms with Crippen molar-refractivity contribution in [2.45, 2.75) is 63.8 Å². The van der Waals surface area contributed by atoms with E-state index in [1.165, 1.54) is 50.3 Å². The zero-order chi connectivity index (χ0) is 16.2. The molecule has 0 spiro atoms. The number of hydrogen-bond acceptors (Lipinski definition) is 1. The molecule has 1 aliphatic rings. The molecule has 1 unspecified atom stereocenters. The molecule has 0 aliphatic carbocycles. The summed E-state index contributed by atoms with van der Waals surface area (Å²) in [7, 11) is 1.30. The first-order chi connectivity index (χ1) is 10.4. The van der Waals surface area contributed by atoms with E-state index < -0.39 is 8.07 Å². The zero-order valence-electron chi connectivity index (χ0n) is 15.0. The van der Waals surface area contributed by atoms with Gasteiger partial charge in [0.15, 0.2) is 0 Å². The highest BCUT2D eigenvalue weighted by Crippen LogP contribution is 2.32. The first kappa shape index (κ1) is 17.5. The molecule has 0 radical (unpaired) electrons. The van der Waals surface area contributed by atoms with Gasteiger partial charge in [0.1, 0.15) is 0 Å². The van der Waals surface area contributed by atoms with E-state index in [2.05, 4.69) is 62.4 Å². The van der Waals surface area contributed by atoms with Gasteiger partial charge in [-0.15, -0.1) is 6.58 Å². The molecule has 0 saturated heterocycles. The Morgan fingerprint density at radius 3 is 2.68 bits per heavy atom. The lowest BCUT2D eigenvalue weighted by molar-refractivity contribution is 0.215. The average molecular weight is 316 g/mol. The predicted octanol–water partition coefficient (Wildman–Crippen LogP) is 5.67. The standard InChI is InChI=1S/C20H33NSi/c1-17(16-22(3,4)5)10-6-9-13-20-19-12-8-7-11-18(19)14-15-21(20)2/h7-8,11-12,20H,1,6,9-10,13-16H2,2-5H3. The fourth-order valence-corrected chi connectivity index (χ4v) is 5.38. The van der Waals surface area contributed by atoms with Crippen LogP contribution in [0.1, 0.15) is 42.9 Å². The normalized spacial score (nSPS) is 19.0. The van der Waals surface area contributed by atoms with Gasteiger partial charge in [0, 0.05) is 20.7 Å². The van der Waals surface area contributed by atoms with Gasteiger partial charge >= 0.3 is 0 Å². The van der Waals surface area contributed by atoms with Crippen LogP contribution < -0.4 is 0 Å². The first-order valence-corrected chi connectivity index (χ1v) is 12.5. The van der Waals surface area contributed by atoms with Crippen LogP contribution in [0.4, 0.5) is 0 Å². The Labute approximate surface area is 138 Å². The molecule has 0 saturated carbocycles. The van der Waals surface area contributed by atoms with Crippen LogP contribution in [0.15, 0.2) is 36.4 Å². The largest absolute Gasteiger partial charge is 0.299 e. The zero-order valence-corrected chi connectivity index (χ0v) is 16.0. The summed E-state index contributed by atoms with van der Waals surface area (Å²) in [5, 5.41) is 0. The van der Waals surface area contributed by atoms with Crippen LogP contribution in [0, 0.1) is 0 Å². The van der Waals surface area contributed by atoms with E-state index in [1.807, 2.05) is 0 Å². The Morgan fingerprint density at radius 1 is 1.23 bits per heavy atom. The number of hydrogen-bond donors (Lipinski definition) is 0. The van der Waals surface area contributed by atoms with Crippen LogP contribution in [0.5, 0.6) is 0 Å². The van der Waals surface area contributed by atoms with Crippen molar-refractivity contribution in [1.82, 2.24) is 4.90 Å². The highest BCUT2D eigenvalue weighted by atomic mass is 28.3. The number of rotatable bonds is 7. The molecule has 1 nitrogen and oxygen atoms in total. The lowest BCUT2D eigenvalue weighted by atomic mass is 9.90. The summed E-state index contributed by atoms with van der Waals surface area (Å²) in [6.45, 7) is 12.8. The molecule has 1 aromatic carbocycles. The van der Waals surface area contributed by atoms with Gasteiger partial charge in [-0.05, 0) is 49.9 Å². The van der Waals surface area contributed by atoms with Crippen LogP contribution in [0.25, 0.3) is 0 Å². The molecule has 1 aliphatic heterocycles. The molecule has 1 aromatic rings. The topological polar surface area (TPSA) is 3.24 Å². The maximum absolute atomic E-state index is 4.30. The van der Waals surface area contributed by atoms with E-state index in [9.17, 15) is 0 Å². The fourth-order valence-electron chi connectivity index (χ4n) is 3.70. The Hall–Kier alpha value is -0.863. The molecule has 0 bridgehead atoms. The molecule has 0 amide bonds. The van der Waals surface area contributed by atoms with Crippen molar-refractivity contribution in [1.29, 1.82) is 0 Å². The summed E-state index contributed by atoms with van der Waals surface area (Å²) in [6, 6.07) is 10.9. The number of nitrogens with zero attached hydrogens (tertiary/aromatic N) is 1. The minimum Gasteiger partial charge on any atom is -0.299 e. The van der Waals surface area contributed by atoms with Crippen molar-refractivity contribution in [3.63, 3.8) is 0 Å². The second-order valence-electron chi connectivity index (χ2n) is 8.18. The van der Waals surface area contributed by atoms with Gasteiger partial charge < -0.3 is 0 Å². The monoisotopic (exact) mass is 315 g/mol. The second-order valence-corrected chi connectivity index (χ2v) is 13.7. The third-order valence-electron chi connectivity index (χ3n) is 4.72. The summed E-state index contributed by atoms with van der Waals surface area (Å²) in [6.07, 6.45) is 6.33. The Kier molecular flexibility index (Phi) is 6.05. The summed E-state index contributed by atoms with van der Waals surface area (Å²) in [5.41, 5.74) is 4.61. The van der Waals surface area contributed by atoms with E-state index in [1.54, 1.807) is 11.1 Å². The van der Waals surface area contributed by atoms with Gasteiger partial charge in [0.05, 0.1) is 0 Å². The van der Waals surface area contributed by atoms with Crippen LogP contribution in [0.3, 0.4) is 0 Å². The first-order valence-electron chi connectivity index (χ1n) is 8.81. The minimum absolute atomic E-state index is 0.621. The van der Waals surface area contributed by atoms with Gasteiger partial charge in [-0.1, -0.05) is 55.9 Å². The van der Waals surface area contributed by atoms with Gasteiger partial charge in [0.2, 0.25) is 0 Å². The third kappa shape index (κ3) is 5.10. The molecule has 2 heteroatoms. The Balaban J connectivity index is 1.81. The van der Waals surface area contributed by atoms with Crippen molar-refractivity contribution in [2.75, 3.05) is 13.6 Å². The maximum atomic E-state index is 4.30. The number of unbranched alkanes of at least 4 members (excludes halogenated alkanes) is 1. The van der Waals surface area contributed by atoms with Crippen molar-refractivity contribution < 1.29 is 0 Å². The smallest absolute Gasteiger partial charge is 0.0483 e. The quantitative estimate of drug-likeness (QED) is 0.356. The van der Waals surface area contributed by atoms with Gasteiger partial charge in [-0.3, -0.25) is 4.90 Å². The van der Waals surface area contributed by atoms with Crippen LogP contribution >= 0.6 is 0 Å². The average Bonchev–Trinajstić information content (AvgIpc) is 2.43. The SMILES string of the molecule is C=C(CCCCC1c2ccccc2CCN1C)C[Si](C)(C)C. The number of fused-ring (bicyclic) bond motifs is 1. The highest BCUT2D eigenvalue weighted by molar-refractivity contribution is 6.76. The van der Waals surface area contributed by atoms with Crippen molar-refractivity contribution in [3.05, 3.63) is 47.5 Å². The molecule has 122 valence electrons. The molecule has 1 heterocycles.